The molecular formula is C20H17N3O3S. The molecule has 0 aliphatic rings. The molecular weight excluding hydrogens is 362 g/mol. The minimum absolute atomic E-state index is 0.196. The van der Waals surface area contributed by atoms with E-state index in [9.17, 15) is 4.79 Å². The molecule has 0 saturated heterocycles. The van der Waals surface area contributed by atoms with Crippen LogP contribution in [0.4, 0.5) is 0 Å². The third-order valence-corrected chi connectivity index (χ3v) is 5.18. The van der Waals surface area contributed by atoms with Gasteiger partial charge in [-0.05, 0) is 25.1 Å². The van der Waals surface area contributed by atoms with Crippen LogP contribution in [-0.2, 0) is 0 Å². The first-order valence-corrected chi connectivity index (χ1v) is 9.11. The van der Waals surface area contributed by atoms with Gasteiger partial charge in [-0.25, -0.2) is 0 Å². The highest BCUT2D eigenvalue weighted by molar-refractivity contribution is 7.15. The molecule has 0 aliphatic heterocycles. The minimum atomic E-state index is -0.196. The van der Waals surface area contributed by atoms with Gasteiger partial charge in [-0.15, -0.1) is 5.10 Å². The summed E-state index contributed by atoms with van der Waals surface area (Å²) in [6.45, 7) is 2.02. The maximum absolute atomic E-state index is 12.7. The Labute approximate surface area is 159 Å². The van der Waals surface area contributed by atoms with Crippen LogP contribution in [0.5, 0.6) is 11.5 Å². The van der Waals surface area contributed by atoms with Gasteiger partial charge < -0.3 is 9.47 Å². The summed E-state index contributed by atoms with van der Waals surface area (Å²) in [6.07, 6.45) is 1.78. The number of aromatic nitrogens is 3. The molecule has 136 valence electrons. The number of aryl methyl sites for hydroxylation is 1. The van der Waals surface area contributed by atoms with Crippen molar-refractivity contribution in [3.63, 3.8) is 0 Å². The van der Waals surface area contributed by atoms with Crippen LogP contribution in [0.1, 0.15) is 11.1 Å². The summed E-state index contributed by atoms with van der Waals surface area (Å²) < 4.78 is 12.5. The van der Waals surface area contributed by atoms with Gasteiger partial charge in [-0.2, -0.15) is 9.50 Å². The number of nitrogens with zero attached hydrogens (tertiary/aromatic N) is 3. The molecule has 0 N–H and O–H groups in total. The molecule has 2 heterocycles. The van der Waals surface area contributed by atoms with Crippen molar-refractivity contribution in [2.75, 3.05) is 14.2 Å². The van der Waals surface area contributed by atoms with E-state index < -0.39 is 0 Å². The zero-order chi connectivity index (χ0) is 19.0. The van der Waals surface area contributed by atoms with Gasteiger partial charge in [0.1, 0.15) is 11.5 Å². The lowest BCUT2D eigenvalue weighted by Crippen LogP contribution is -2.23. The number of thiazole rings is 1. The van der Waals surface area contributed by atoms with Crippen molar-refractivity contribution in [3.8, 4) is 22.9 Å². The Balaban J connectivity index is 1.79. The first kappa shape index (κ1) is 17.2. The van der Waals surface area contributed by atoms with Crippen molar-refractivity contribution in [2.45, 2.75) is 6.92 Å². The summed E-state index contributed by atoms with van der Waals surface area (Å²) in [6, 6.07) is 13.4. The number of hydrogen-bond acceptors (Lipinski definition) is 6. The van der Waals surface area contributed by atoms with Crippen molar-refractivity contribution >= 4 is 22.4 Å². The Morgan fingerprint density at radius 1 is 1.07 bits per heavy atom. The second kappa shape index (κ2) is 6.85. The summed E-state index contributed by atoms with van der Waals surface area (Å²) in [7, 11) is 3.18. The highest BCUT2D eigenvalue weighted by Crippen LogP contribution is 2.25. The highest BCUT2D eigenvalue weighted by Gasteiger charge is 2.12. The zero-order valence-electron chi connectivity index (χ0n) is 15.1. The molecule has 27 heavy (non-hydrogen) atoms. The van der Waals surface area contributed by atoms with E-state index in [0.717, 1.165) is 16.7 Å². The molecule has 0 atom stereocenters. The SMILES string of the molecule is COc1ccc(C=c2sc3nc(-c4ccc(C)cc4)nn3c2=O)c(OC)c1. The van der Waals surface area contributed by atoms with Crippen LogP contribution < -0.4 is 19.6 Å². The number of ether oxygens (including phenoxy) is 2. The molecule has 2 aromatic carbocycles. The van der Waals surface area contributed by atoms with E-state index in [0.29, 0.717) is 26.8 Å². The molecule has 0 spiro atoms. The highest BCUT2D eigenvalue weighted by atomic mass is 32.1. The summed E-state index contributed by atoms with van der Waals surface area (Å²) in [5.74, 6) is 1.87. The Kier molecular flexibility index (Phi) is 4.37. The Hall–Kier alpha value is -3.19. The van der Waals surface area contributed by atoms with Crippen molar-refractivity contribution < 1.29 is 9.47 Å². The fourth-order valence-corrected chi connectivity index (χ4v) is 3.64. The average molecular weight is 379 g/mol. The van der Waals surface area contributed by atoms with Gasteiger partial charge in [-0.3, -0.25) is 4.79 Å². The molecule has 4 rings (SSSR count). The molecule has 0 unspecified atom stereocenters. The Morgan fingerprint density at radius 2 is 1.85 bits per heavy atom. The van der Waals surface area contributed by atoms with Gasteiger partial charge in [0.15, 0.2) is 5.82 Å². The van der Waals surface area contributed by atoms with Crippen LogP contribution in [0.25, 0.3) is 22.4 Å². The van der Waals surface area contributed by atoms with Crippen molar-refractivity contribution in [3.05, 3.63) is 68.5 Å². The van der Waals surface area contributed by atoms with Gasteiger partial charge in [-0.1, -0.05) is 41.2 Å². The average Bonchev–Trinajstić information content (AvgIpc) is 3.22. The quantitative estimate of drug-likeness (QED) is 0.545. The lowest BCUT2D eigenvalue weighted by Gasteiger charge is -2.06. The molecule has 0 amide bonds. The minimum Gasteiger partial charge on any atom is -0.497 e. The molecule has 0 radical (unpaired) electrons. The van der Waals surface area contributed by atoms with Crippen LogP contribution in [0.3, 0.4) is 0 Å². The predicted molar refractivity (Wildman–Crippen MR) is 106 cm³/mol. The first-order valence-electron chi connectivity index (χ1n) is 8.29. The predicted octanol–water partition coefficient (Wildman–Crippen LogP) is 2.69. The van der Waals surface area contributed by atoms with Crippen molar-refractivity contribution in [1.29, 1.82) is 0 Å². The summed E-state index contributed by atoms with van der Waals surface area (Å²) >= 11 is 1.30. The number of rotatable bonds is 4. The van der Waals surface area contributed by atoms with Crippen LogP contribution >= 0.6 is 11.3 Å². The summed E-state index contributed by atoms with van der Waals surface area (Å²) in [5.41, 5.74) is 2.64. The van der Waals surface area contributed by atoms with Gasteiger partial charge in [0, 0.05) is 17.2 Å². The molecule has 7 heteroatoms. The van der Waals surface area contributed by atoms with E-state index in [4.69, 9.17) is 9.47 Å². The van der Waals surface area contributed by atoms with Gasteiger partial charge in [0.05, 0.1) is 18.8 Å². The van der Waals surface area contributed by atoms with E-state index in [2.05, 4.69) is 10.1 Å². The monoisotopic (exact) mass is 379 g/mol. The van der Waals surface area contributed by atoms with E-state index in [1.54, 1.807) is 26.4 Å². The zero-order valence-corrected chi connectivity index (χ0v) is 15.9. The second-order valence-corrected chi connectivity index (χ2v) is 7.03. The van der Waals surface area contributed by atoms with E-state index in [1.165, 1.54) is 15.9 Å². The first-order chi connectivity index (χ1) is 13.1. The Morgan fingerprint density at radius 3 is 2.52 bits per heavy atom. The fourth-order valence-electron chi connectivity index (χ4n) is 2.74. The number of benzene rings is 2. The third-order valence-electron chi connectivity index (χ3n) is 4.22. The maximum Gasteiger partial charge on any atom is 0.291 e. The molecule has 4 aromatic rings. The number of fused-ring (bicyclic) bond motifs is 1. The Bertz CT molecular complexity index is 1230. The largest absolute Gasteiger partial charge is 0.497 e. The van der Waals surface area contributed by atoms with Crippen molar-refractivity contribution in [2.24, 2.45) is 0 Å². The van der Waals surface area contributed by atoms with Crippen LogP contribution in [0.2, 0.25) is 0 Å². The van der Waals surface area contributed by atoms with Crippen LogP contribution in [-0.4, -0.2) is 28.8 Å². The lowest BCUT2D eigenvalue weighted by molar-refractivity contribution is 0.393. The van der Waals surface area contributed by atoms with Gasteiger partial charge >= 0.3 is 0 Å². The fraction of sp³-hybridized carbons (Fsp3) is 0.150. The summed E-state index contributed by atoms with van der Waals surface area (Å²) in [5, 5.41) is 4.38. The number of methoxy groups -OCH3 is 2. The van der Waals surface area contributed by atoms with Crippen molar-refractivity contribution in [1.82, 2.24) is 14.6 Å². The van der Waals surface area contributed by atoms with E-state index in [1.807, 2.05) is 43.3 Å². The standard InChI is InChI=1S/C20H17N3O3S/c1-12-4-6-13(7-5-12)18-21-20-23(22-18)19(24)17(27-20)10-14-8-9-15(25-2)11-16(14)26-3/h4-11H,1-3H3. The summed E-state index contributed by atoms with van der Waals surface area (Å²) in [4.78, 5) is 17.8. The second-order valence-electron chi connectivity index (χ2n) is 6.02. The smallest absolute Gasteiger partial charge is 0.291 e. The number of hydrogen-bond donors (Lipinski definition) is 0. The van der Waals surface area contributed by atoms with E-state index >= 15 is 0 Å². The molecule has 2 aromatic heterocycles. The molecule has 0 saturated carbocycles. The lowest BCUT2D eigenvalue weighted by atomic mass is 10.1. The maximum atomic E-state index is 12.7. The molecule has 0 bridgehead atoms. The van der Waals surface area contributed by atoms with E-state index in [-0.39, 0.29) is 5.56 Å². The van der Waals surface area contributed by atoms with Crippen LogP contribution in [0, 0.1) is 6.92 Å². The normalized spacial score (nSPS) is 11.9. The van der Waals surface area contributed by atoms with Gasteiger partial charge in [0.2, 0.25) is 4.96 Å². The van der Waals surface area contributed by atoms with Crippen LogP contribution in [0.15, 0.2) is 47.3 Å². The molecule has 6 nitrogen and oxygen atoms in total. The third kappa shape index (κ3) is 3.17. The topological polar surface area (TPSA) is 65.7 Å². The molecule has 0 fully saturated rings. The van der Waals surface area contributed by atoms with Gasteiger partial charge in [0.25, 0.3) is 5.56 Å². The molecule has 0 aliphatic carbocycles.